The van der Waals surface area contributed by atoms with Crippen LogP contribution in [0.25, 0.3) is 11.0 Å². The molecule has 0 saturated carbocycles. The second-order valence-corrected chi connectivity index (χ2v) is 8.49. The van der Waals surface area contributed by atoms with E-state index in [-0.39, 0.29) is 11.4 Å². The molecular weight excluding hydrogens is 414 g/mol. The van der Waals surface area contributed by atoms with Crippen LogP contribution in [0.2, 0.25) is 0 Å². The van der Waals surface area contributed by atoms with Crippen molar-refractivity contribution in [1.29, 1.82) is 0 Å². The zero-order valence-electron chi connectivity index (χ0n) is 19.6. The predicted molar refractivity (Wildman–Crippen MR) is 135 cm³/mol. The molecule has 0 aliphatic heterocycles. The zero-order chi connectivity index (χ0) is 23.3. The number of unbranched alkanes of at least 4 members (excludes halogenated alkanes) is 9. The van der Waals surface area contributed by atoms with E-state index in [4.69, 9.17) is 9.15 Å². The van der Waals surface area contributed by atoms with E-state index in [1.807, 2.05) is 12.1 Å². The number of rotatable bonds is 14. The van der Waals surface area contributed by atoms with Crippen molar-refractivity contribution >= 4 is 22.9 Å². The van der Waals surface area contributed by atoms with Gasteiger partial charge in [0, 0.05) is 29.3 Å². The Morgan fingerprint density at radius 2 is 1.61 bits per heavy atom. The minimum Gasteiger partial charge on any atom is -0.507 e. The summed E-state index contributed by atoms with van der Waals surface area (Å²) in [5.41, 5.74) is 1.46. The van der Waals surface area contributed by atoms with Crippen LogP contribution in [-0.4, -0.2) is 17.9 Å². The van der Waals surface area contributed by atoms with Gasteiger partial charge in [0.2, 0.25) is 0 Å². The molecule has 0 spiro atoms. The molecule has 0 unspecified atom stereocenters. The number of hydrogen-bond donors (Lipinski definition) is 1. The number of ether oxygens (including phenoxy) is 1. The summed E-state index contributed by atoms with van der Waals surface area (Å²) in [6, 6.07) is 13.7. The number of fused-ring (bicyclic) bond motifs is 1. The lowest BCUT2D eigenvalue weighted by Gasteiger charge is -2.08. The van der Waals surface area contributed by atoms with E-state index >= 15 is 0 Å². The van der Waals surface area contributed by atoms with E-state index in [9.17, 15) is 9.90 Å². The lowest BCUT2D eigenvalue weighted by Crippen LogP contribution is -1.97. The molecule has 1 aromatic heterocycles. The van der Waals surface area contributed by atoms with Crippen LogP contribution in [-0.2, 0) is 0 Å². The summed E-state index contributed by atoms with van der Waals surface area (Å²) >= 11 is 0. The summed E-state index contributed by atoms with van der Waals surface area (Å²) in [6.45, 7) is 2.92. The van der Waals surface area contributed by atoms with Crippen LogP contribution in [0, 0.1) is 0 Å². The molecule has 0 saturated heterocycles. The largest absolute Gasteiger partial charge is 0.507 e. The molecule has 5 heteroatoms. The monoisotopic (exact) mass is 449 g/mol. The van der Waals surface area contributed by atoms with Crippen molar-refractivity contribution in [2.45, 2.75) is 71.1 Å². The molecule has 0 radical (unpaired) electrons. The number of hydrogen-bond acceptors (Lipinski definition) is 5. The Morgan fingerprint density at radius 3 is 2.33 bits per heavy atom. The molecule has 1 heterocycles. The van der Waals surface area contributed by atoms with E-state index in [2.05, 4.69) is 11.9 Å². The van der Waals surface area contributed by atoms with Crippen LogP contribution < -0.4 is 10.4 Å². The lowest BCUT2D eigenvalue weighted by molar-refractivity contribution is 0.302. The molecule has 1 N–H and O–H groups in total. The van der Waals surface area contributed by atoms with E-state index in [0.717, 1.165) is 11.8 Å². The van der Waals surface area contributed by atoms with Crippen molar-refractivity contribution in [3.8, 4) is 11.5 Å². The number of aromatic hydroxyl groups is 1. The van der Waals surface area contributed by atoms with E-state index in [0.29, 0.717) is 29.2 Å². The molecule has 0 aliphatic rings. The molecule has 3 aromatic rings. The fourth-order valence-corrected chi connectivity index (χ4v) is 3.79. The highest BCUT2D eigenvalue weighted by Crippen LogP contribution is 2.24. The molecule has 33 heavy (non-hydrogen) atoms. The molecule has 176 valence electrons. The molecular formula is C28H35NO4. The Balaban J connectivity index is 1.39. The SMILES string of the molecule is CCCCCCCCCCCCOc1ccc(C=Nc2ccc3oc(=O)ccc3c2)c(O)c1. The molecule has 0 bridgehead atoms. The number of nitrogens with zero attached hydrogens (tertiary/aromatic N) is 1. The topological polar surface area (TPSA) is 72.0 Å². The zero-order valence-corrected chi connectivity index (χ0v) is 19.6. The van der Waals surface area contributed by atoms with Gasteiger partial charge in [-0.15, -0.1) is 0 Å². The first-order valence-corrected chi connectivity index (χ1v) is 12.2. The first-order valence-electron chi connectivity index (χ1n) is 12.2. The minimum atomic E-state index is -0.376. The van der Waals surface area contributed by atoms with Gasteiger partial charge in [-0.1, -0.05) is 64.7 Å². The second-order valence-electron chi connectivity index (χ2n) is 8.49. The number of phenolic OH excluding ortho intramolecular Hbond substituents is 1. The summed E-state index contributed by atoms with van der Waals surface area (Å²) < 4.78 is 10.9. The molecule has 0 atom stereocenters. The highest BCUT2D eigenvalue weighted by molar-refractivity contribution is 5.87. The fraction of sp³-hybridized carbons (Fsp3) is 0.429. The van der Waals surface area contributed by atoms with Gasteiger partial charge in [-0.25, -0.2) is 4.79 Å². The third-order valence-electron chi connectivity index (χ3n) is 5.72. The van der Waals surface area contributed by atoms with Gasteiger partial charge in [0.05, 0.1) is 12.3 Å². The average Bonchev–Trinajstić information content (AvgIpc) is 2.82. The van der Waals surface area contributed by atoms with Crippen molar-refractivity contribution in [1.82, 2.24) is 0 Å². The number of phenols is 1. The molecule has 5 nitrogen and oxygen atoms in total. The predicted octanol–water partition coefficient (Wildman–Crippen LogP) is 7.55. The van der Waals surface area contributed by atoms with Crippen LogP contribution in [0.3, 0.4) is 0 Å². The highest BCUT2D eigenvalue weighted by atomic mass is 16.5. The molecule has 0 amide bonds. The maximum Gasteiger partial charge on any atom is 0.336 e. The standard InChI is InChI=1S/C28H35NO4/c1-2-3-4-5-6-7-8-9-10-11-18-32-25-15-12-23(26(30)20-25)21-29-24-14-16-27-22(19-24)13-17-28(31)33-27/h12-17,19-21,30H,2-11,18H2,1H3. The highest BCUT2D eigenvalue weighted by Gasteiger charge is 2.03. The van der Waals surface area contributed by atoms with Crippen molar-refractivity contribution < 1.29 is 14.3 Å². The van der Waals surface area contributed by atoms with Gasteiger partial charge in [-0.2, -0.15) is 0 Å². The smallest absolute Gasteiger partial charge is 0.336 e. The first kappa shape index (κ1) is 24.6. The fourth-order valence-electron chi connectivity index (χ4n) is 3.79. The molecule has 3 rings (SSSR count). The third kappa shape index (κ3) is 8.41. The maximum absolute atomic E-state index is 11.3. The van der Waals surface area contributed by atoms with Crippen LogP contribution in [0.15, 0.2) is 62.7 Å². The molecule has 2 aromatic carbocycles. The quantitative estimate of drug-likeness (QED) is 0.157. The minimum absolute atomic E-state index is 0.131. The normalized spacial score (nSPS) is 11.4. The Bertz CT molecular complexity index is 1090. The van der Waals surface area contributed by atoms with Crippen molar-refractivity contribution in [2.75, 3.05) is 6.61 Å². The summed E-state index contributed by atoms with van der Waals surface area (Å²) in [4.78, 5) is 15.7. The van der Waals surface area contributed by atoms with Gasteiger partial charge in [0.25, 0.3) is 0 Å². The number of aliphatic imine (C=N–C) groups is 1. The summed E-state index contributed by atoms with van der Waals surface area (Å²) in [6.07, 6.45) is 14.5. The Kier molecular flexibility index (Phi) is 10.0. The lowest BCUT2D eigenvalue weighted by atomic mass is 10.1. The number of benzene rings is 2. The van der Waals surface area contributed by atoms with Gasteiger partial charge in [0.15, 0.2) is 0 Å². The summed E-state index contributed by atoms with van der Waals surface area (Å²) in [5.74, 6) is 0.799. The third-order valence-corrected chi connectivity index (χ3v) is 5.72. The average molecular weight is 450 g/mol. The van der Waals surface area contributed by atoms with Crippen molar-refractivity contribution in [3.05, 3.63) is 64.5 Å². The van der Waals surface area contributed by atoms with Gasteiger partial charge in [0.1, 0.15) is 17.1 Å². The van der Waals surface area contributed by atoms with E-state index < -0.39 is 0 Å². The summed E-state index contributed by atoms with van der Waals surface area (Å²) in [5, 5.41) is 11.1. The van der Waals surface area contributed by atoms with Crippen molar-refractivity contribution in [2.24, 2.45) is 4.99 Å². The molecule has 0 fully saturated rings. The van der Waals surface area contributed by atoms with Crippen LogP contribution >= 0.6 is 0 Å². The van der Waals surface area contributed by atoms with Crippen LogP contribution in [0.4, 0.5) is 5.69 Å². The molecule has 0 aliphatic carbocycles. The first-order chi connectivity index (χ1) is 16.2. The van der Waals surface area contributed by atoms with Crippen LogP contribution in [0.1, 0.15) is 76.7 Å². The summed E-state index contributed by atoms with van der Waals surface area (Å²) in [7, 11) is 0. The Morgan fingerprint density at radius 1 is 0.879 bits per heavy atom. The van der Waals surface area contributed by atoms with Gasteiger partial charge >= 0.3 is 5.63 Å². The van der Waals surface area contributed by atoms with E-state index in [1.165, 1.54) is 63.9 Å². The maximum atomic E-state index is 11.3. The Labute approximate surface area is 196 Å². The van der Waals surface area contributed by atoms with Gasteiger partial charge < -0.3 is 14.3 Å². The van der Waals surface area contributed by atoms with Gasteiger partial charge in [-0.05, 0) is 42.8 Å². The Hall–Kier alpha value is -3.08. The van der Waals surface area contributed by atoms with E-state index in [1.54, 1.807) is 36.5 Å². The van der Waals surface area contributed by atoms with Crippen LogP contribution in [0.5, 0.6) is 11.5 Å². The second kappa shape index (κ2) is 13.5. The van der Waals surface area contributed by atoms with Crippen molar-refractivity contribution in [3.63, 3.8) is 0 Å². The van der Waals surface area contributed by atoms with Gasteiger partial charge in [-0.3, -0.25) is 4.99 Å².